The fourth-order valence-electron chi connectivity index (χ4n) is 2.52. The Hall–Kier alpha value is -3.16. The quantitative estimate of drug-likeness (QED) is 0.296. The standard InChI is InChI=1S/C19H15Cl2N5O2/c1-12(8-13-4-2-7-16(9-13)26(27)28)23-14-5-3-6-15(10-14)24-18-17(20)11-22-19(21)25-18/h2-7,9-11,23H,1,8H2,(H,22,24,25). The third kappa shape index (κ3) is 5.18. The Kier molecular flexibility index (Phi) is 6.08. The van der Waals surface area contributed by atoms with Crippen molar-refractivity contribution in [2.45, 2.75) is 6.42 Å². The first kappa shape index (κ1) is 19.6. The first-order valence-electron chi connectivity index (χ1n) is 8.14. The molecule has 3 aromatic rings. The van der Waals surface area contributed by atoms with Crippen LogP contribution in [0.15, 0.2) is 67.0 Å². The maximum Gasteiger partial charge on any atom is 0.269 e. The van der Waals surface area contributed by atoms with Crippen molar-refractivity contribution in [3.63, 3.8) is 0 Å². The molecule has 0 atom stereocenters. The van der Waals surface area contributed by atoms with E-state index in [-0.39, 0.29) is 11.0 Å². The van der Waals surface area contributed by atoms with Gasteiger partial charge in [0.15, 0.2) is 5.82 Å². The monoisotopic (exact) mass is 415 g/mol. The SMILES string of the molecule is C=C(Cc1cccc([N+](=O)[O-])c1)Nc1cccc(Nc2nc(Cl)ncc2Cl)c1. The van der Waals surface area contributed by atoms with E-state index in [0.717, 1.165) is 16.9 Å². The molecule has 0 aliphatic heterocycles. The lowest BCUT2D eigenvalue weighted by atomic mass is 10.1. The van der Waals surface area contributed by atoms with E-state index < -0.39 is 4.92 Å². The summed E-state index contributed by atoms with van der Waals surface area (Å²) in [7, 11) is 0. The van der Waals surface area contributed by atoms with Gasteiger partial charge in [-0.3, -0.25) is 10.1 Å². The van der Waals surface area contributed by atoms with Crippen molar-refractivity contribution in [2.24, 2.45) is 0 Å². The van der Waals surface area contributed by atoms with Crippen molar-refractivity contribution >= 4 is 46.1 Å². The Morgan fingerprint density at radius 2 is 1.89 bits per heavy atom. The second-order valence-electron chi connectivity index (χ2n) is 5.87. The fraction of sp³-hybridized carbons (Fsp3) is 0.0526. The number of halogens is 2. The van der Waals surface area contributed by atoms with Crippen molar-refractivity contribution < 1.29 is 4.92 Å². The van der Waals surface area contributed by atoms with Crippen LogP contribution in [0.2, 0.25) is 10.3 Å². The maximum atomic E-state index is 10.9. The summed E-state index contributed by atoms with van der Waals surface area (Å²) in [4.78, 5) is 18.3. The van der Waals surface area contributed by atoms with Gasteiger partial charge in [-0.2, -0.15) is 4.98 Å². The molecule has 2 N–H and O–H groups in total. The van der Waals surface area contributed by atoms with Crippen molar-refractivity contribution in [3.05, 3.63) is 93.0 Å². The second-order valence-corrected chi connectivity index (χ2v) is 6.62. The number of aromatic nitrogens is 2. The first-order valence-corrected chi connectivity index (χ1v) is 8.89. The molecule has 0 fully saturated rings. The summed E-state index contributed by atoms with van der Waals surface area (Å²) in [5.41, 5.74) is 3.07. The Balaban J connectivity index is 1.68. The van der Waals surface area contributed by atoms with E-state index in [1.807, 2.05) is 30.3 Å². The molecular formula is C19H15Cl2N5O2. The smallest absolute Gasteiger partial charge is 0.269 e. The summed E-state index contributed by atoms with van der Waals surface area (Å²) in [5, 5.41) is 17.6. The normalized spacial score (nSPS) is 10.4. The number of anilines is 3. The van der Waals surface area contributed by atoms with Crippen LogP contribution in [0.4, 0.5) is 22.9 Å². The number of nitrogens with one attached hydrogen (secondary N) is 2. The van der Waals surface area contributed by atoms with Gasteiger partial charge in [0.1, 0.15) is 5.02 Å². The topological polar surface area (TPSA) is 93.0 Å². The third-order valence-electron chi connectivity index (χ3n) is 3.70. The molecule has 0 saturated heterocycles. The molecule has 0 spiro atoms. The molecule has 1 aromatic heterocycles. The zero-order valence-electron chi connectivity index (χ0n) is 14.5. The van der Waals surface area contributed by atoms with Crippen LogP contribution in [0.5, 0.6) is 0 Å². The van der Waals surface area contributed by atoms with Gasteiger partial charge in [0.25, 0.3) is 5.69 Å². The van der Waals surface area contributed by atoms with Gasteiger partial charge in [-0.1, -0.05) is 36.4 Å². The fourth-order valence-corrected chi connectivity index (χ4v) is 2.79. The number of hydrogen-bond acceptors (Lipinski definition) is 6. The van der Waals surface area contributed by atoms with Crippen LogP contribution < -0.4 is 10.6 Å². The third-order valence-corrected chi connectivity index (χ3v) is 4.16. The summed E-state index contributed by atoms with van der Waals surface area (Å²) in [6.07, 6.45) is 1.87. The molecule has 28 heavy (non-hydrogen) atoms. The van der Waals surface area contributed by atoms with Gasteiger partial charge < -0.3 is 10.6 Å². The molecular weight excluding hydrogens is 401 g/mol. The molecule has 9 heteroatoms. The lowest BCUT2D eigenvalue weighted by Gasteiger charge is -2.12. The highest BCUT2D eigenvalue weighted by Crippen LogP contribution is 2.26. The lowest BCUT2D eigenvalue weighted by Crippen LogP contribution is -2.03. The van der Waals surface area contributed by atoms with Gasteiger partial charge in [0, 0.05) is 35.6 Å². The molecule has 0 radical (unpaired) electrons. The van der Waals surface area contributed by atoms with Crippen molar-refractivity contribution in [2.75, 3.05) is 10.6 Å². The average molecular weight is 416 g/mol. The number of hydrogen-bond donors (Lipinski definition) is 2. The van der Waals surface area contributed by atoms with Crippen LogP contribution in [-0.4, -0.2) is 14.9 Å². The molecule has 1 heterocycles. The number of nitro benzene ring substituents is 1. The molecule has 2 aromatic carbocycles. The minimum Gasteiger partial charge on any atom is -0.359 e. The number of allylic oxidation sites excluding steroid dienone is 1. The molecule has 0 aliphatic rings. The van der Waals surface area contributed by atoms with E-state index in [1.165, 1.54) is 18.3 Å². The highest BCUT2D eigenvalue weighted by Gasteiger charge is 2.08. The van der Waals surface area contributed by atoms with E-state index in [9.17, 15) is 10.1 Å². The lowest BCUT2D eigenvalue weighted by molar-refractivity contribution is -0.384. The molecule has 0 aliphatic carbocycles. The Morgan fingerprint density at radius 1 is 1.14 bits per heavy atom. The van der Waals surface area contributed by atoms with E-state index in [2.05, 4.69) is 27.2 Å². The highest BCUT2D eigenvalue weighted by molar-refractivity contribution is 6.33. The van der Waals surface area contributed by atoms with Crippen LogP contribution in [0.1, 0.15) is 5.56 Å². The van der Waals surface area contributed by atoms with Crippen molar-refractivity contribution in [1.82, 2.24) is 9.97 Å². The first-order chi connectivity index (χ1) is 13.4. The van der Waals surface area contributed by atoms with Gasteiger partial charge in [0.05, 0.1) is 11.1 Å². The van der Waals surface area contributed by atoms with E-state index in [1.54, 1.807) is 6.07 Å². The van der Waals surface area contributed by atoms with Gasteiger partial charge in [-0.25, -0.2) is 4.98 Å². The molecule has 3 rings (SSSR count). The Labute approximate surface area is 171 Å². The molecule has 0 unspecified atom stereocenters. The average Bonchev–Trinajstić information content (AvgIpc) is 2.65. The maximum absolute atomic E-state index is 10.9. The molecule has 142 valence electrons. The summed E-state index contributed by atoms with van der Waals surface area (Å²) >= 11 is 11.9. The van der Waals surface area contributed by atoms with Crippen LogP contribution >= 0.6 is 23.2 Å². The predicted molar refractivity (Wildman–Crippen MR) is 111 cm³/mol. The zero-order chi connectivity index (χ0) is 20.1. The number of rotatable bonds is 7. The van der Waals surface area contributed by atoms with Gasteiger partial charge in [-0.05, 0) is 35.4 Å². The van der Waals surface area contributed by atoms with Gasteiger partial charge >= 0.3 is 0 Å². The minimum atomic E-state index is -0.417. The van der Waals surface area contributed by atoms with Crippen LogP contribution in [-0.2, 0) is 6.42 Å². The number of nitro groups is 1. The van der Waals surface area contributed by atoms with Crippen LogP contribution in [0.3, 0.4) is 0 Å². The highest BCUT2D eigenvalue weighted by atomic mass is 35.5. The minimum absolute atomic E-state index is 0.0527. The molecule has 7 nitrogen and oxygen atoms in total. The van der Waals surface area contributed by atoms with E-state index >= 15 is 0 Å². The second kappa shape index (κ2) is 8.69. The molecule has 0 saturated carbocycles. The Morgan fingerprint density at radius 3 is 2.68 bits per heavy atom. The predicted octanol–water partition coefficient (Wildman–Crippen LogP) is 5.60. The number of nitrogens with zero attached hydrogens (tertiary/aromatic N) is 3. The summed E-state index contributed by atoms with van der Waals surface area (Å²) in [6.45, 7) is 4.00. The molecule has 0 bridgehead atoms. The Bertz CT molecular complexity index is 1040. The summed E-state index contributed by atoms with van der Waals surface area (Å²) < 4.78 is 0. The van der Waals surface area contributed by atoms with Gasteiger partial charge in [-0.15, -0.1) is 0 Å². The summed E-state index contributed by atoms with van der Waals surface area (Å²) in [6, 6.07) is 13.9. The largest absolute Gasteiger partial charge is 0.359 e. The number of benzene rings is 2. The van der Waals surface area contributed by atoms with Gasteiger partial charge in [0.2, 0.25) is 5.28 Å². The zero-order valence-corrected chi connectivity index (χ0v) is 16.0. The summed E-state index contributed by atoms with van der Waals surface area (Å²) in [5.74, 6) is 0.397. The van der Waals surface area contributed by atoms with Crippen molar-refractivity contribution in [1.29, 1.82) is 0 Å². The molecule has 0 amide bonds. The van der Waals surface area contributed by atoms with E-state index in [4.69, 9.17) is 23.2 Å². The van der Waals surface area contributed by atoms with Crippen LogP contribution in [0, 0.1) is 10.1 Å². The van der Waals surface area contributed by atoms with Crippen LogP contribution in [0.25, 0.3) is 0 Å². The number of non-ortho nitro benzene ring substituents is 1. The van der Waals surface area contributed by atoms with E-state index in [0.29, 0.717) is 23.0 Å². The van der Waals surface area contributed by atoms with Crippen molar-refractivity contribution in [3.8, 4) is 0 Å².